The summed E-state index contributed by atoms with van der Waals surface area (Å²) in [5.74, 6) is 0.735. The molecule has 1 heterocycles. The second-order valence-corrected chi connectivity index (χ2v) is 16.0. The molecule has 0 amide bonds. The lowest BCUT2D eigenvalue weighted by Crippen LogP contribution is -2.25. The van der Waals surface area contributed by atoms with Crippen molar-refractivity contribution in [1.82, 2.24) is 9.97 Å². The van der Waals surface area contributed by atoms with Crippen molar-refractivity contribution in [2.45, 2.75) is 24.7 Å². The minimum absolute atomic E-state index is 0.121. The molecule has 3 aliphatic carbocycles. The summed E-state index contributed by atoms with van der Waals surface area (Å²) in [5.41, 5.74) is 21.8. The fourth-order valence-electron chi connectivity index (χ4n) is 10.6. The van der Waals surface area contributed by atoms with E-state index in [0.717, 1.165) is 39.1 Å². The highest BCUT2D eigenvalue weighted by Gasteiger charge is 2.52. The van der Waals surface area contributed by atoms with Gasteiger partial charge in [0.25, 0.3) is 0 Å². The maximum Gasteiger partial charge on any atom is 0.160 e. The molecule has 56 heavy (non-hydrogen) atoms. The number of nitrogens with zero attached hydrogens (tertiary/aromatic N) is 2. The number of hydrogen-bond acceptors (Lipinski definition) is 2. The van der Waals surface area contributed by atoms with Gasteiger partial charge < -0.3 is 0 Å². The van der Waals surface area contributed by atoms with E-state index in [9.17, 15) is 0 Å². The van der Waals surface area contributed by atoms with Crippen LogP contribution in [0.15, 0.2) is 182 Å². The number of aromatic nitrogens is 2. The van der Waals surface area contributed by atoms with Gasteiger partial charge in [-0.2, -0.15) is 0 Å². The zero-order valence-corrected chi connectivity index (χ0v) is 31.2. The summed E-state index contributed by atoms with van der Waals surface area (Å²) >= 11 is 0. The van der Waals surface area contributed by atoms with Crippen molar-refractivity contribution in [3.05, 3.63) is 215 Å². The van der Waals surface area contributed by atoms with Gasteiger partial charge in [-0.25, -0.2) is 9.97 Å². The molecule has 0 saturated carbocycles. The minimum atomic E-state index is -0.393. The summed E-state index contributed by atoms with van der Waals surface area (Å²) in [6.45, 7) is 4.68. The molecule has 1 spiro atoms. The summed E-state index contributed by atoms with van der Waals surface area (Å²) in [5, 5.41) is 1.05. The van der Waals surface area contributed by atoms with Crippen LogP contribution in [0.4, 0.5) is 0 Å². The number of hydrogen-bond donors (Lipinski definition) is 0. The zero-order valence-electron chi connectivity index (χ0n) is 31.2. The maximum absolute atomic E-state index is 5.48. The van der Waals surface area contributed by atoms with Gasteiger partial charge in [0.15, 0.2) is 5.82 Å². The molecule has 0 bridgehead atoms. The molecule has 3 aliphatic rings. The van der Waals surface area contributed by atoms with Crippen LogP contribution in [-0.2, 0) is 10.8 Å². The maximum atomic E-state index is 5.48. The Bertz CT molecular complexity index is 3070. The van der Waals surface area contributed by atoms with Crippen LogP contribution in [0.1, 0.15) is 47.2 Å². The summed E-state index contributed by atoms with van der Waals surface area (Å²) in [4.78, 5) is 10.7. The second kappa shape index (κ2) is 11.3. The van der Waals surface area contributed by atoms with E-state index in [1.807, 2.05) is 6.07 Å². The normalized spacial score (nSPS) is 14.5. The molecule has 0 saturated heterocycles. The molecule has 0 N–H and O–H groups in total. The molecule has 9 aromatic rings. The molecule has 1 aromatic heterocycles. The molecular formula is C54H36N2. The summed E-state index contributed by atoms with van der Waals surface area (Å²) in [7, 11) is 0. The van der Waals surface area contributed by atoms with Crippen molar-refractivity contribution in [3.63, 3.8) is 0 Å². The molecule has 0 radical (unpaired) electrons. The van der Waals surface area contributed by atoms with Gasteiger partial charge in [0.05, 0.1) is 16.6 Å². The van der Waals surface area contributed by atoms with Crippen LogP contribution in [0.25, 0.3) is 78.1 Å². The van der Waals surface area contributed by atoms with Crippen molar-refractivity contribution < 1.29 is 0 Å². The molecule has 0 aliphatic heterocycles. The number of rotatable bonds is 3. The first-order valence-corrected chi connectivity index (χ1v) is 19.6. The van der Waals surface area contributed by atoms with Gasteiger partial charge in [-0.3, -0.25) is 0 Å². The number of fused-ring (bicyclic) bond motifs is 14. The molecule has 0 fully saturated rings. The molecule has 2 heteroatoms. The Hall–Kier alpha value is -6.90. The van der Waals surface area contributed by atoms with Gasteiger partial charge in [0.2, 0.25) is 0 Å². The standard InChI is InChI=1S/C54H36N2/c1-53(2)42-24-10-8-20-38(42)50-40(23-15-28-46(50)53)51-41-32-34(30-31-48(41)55-52(56-51)33-16-4-3-5-17-33)35-22-14-29-47-49(35)39-21-9-13-27-45(39)54(47)43-25-11-6-18-36(43)37-19-7-12-26-44(37)54/h3-32H,1-2H3. The summed E-state index contributed by atoms with van der Waals surface area (Å²) in [6.07, 6.45) is 0. The Labute approximate surface area is 326 Å². The third-order valence-electron chi connectivity index (χ3n) is 12.9. The van der Waals surface area contributed by atoms with Gasteiger partial charge in [-0.05, 0) is 90.0 Å². The first-order chi connectivity index (χ1) is 27.5. The summed E-state index contributed by atoms with van der Waals surface area (Å²) in [6, 6.07) is 66.9. The number of benzene rings is 8. The molecule has 0 atom stereocenters. The van der Waals surface area contributed by atoms with Crippen LogP contribution < -0.4 is 0 Å². The van der Waals surface area contributed by atoms with E-state index >= 15 is 0 Å². The Balaban J connectivity index is 1.14. The van der Waals surface area contributed by atoms with Gasteiger partial charge in [0, 0.05) is 21.9 Å². The average Bonchev–Trinajstić information content (AvgIpc) is 3.82. The SMILES string of the molecule is CC1(C)c2ccccc2-c2c(-c3nc(-c4ccccc4)nc4ccc(-c5cccc6c5-c5ccccc5C65c6ccccc6-c6ccccc65)cc34)cccc21. The largest absolute Gasteiger partial charge is 0.228 e. The fraction of sp³-hybridized carbons (Fsp3) is 0.0741. The third-order valence-corrected chi connectivity index (χ3v) is 12.9. The van der Waals surface area contributed by atoms with Gasteiger partial charge in [-0.1, -0.05) is 184 Å². The van der Waals surface area contributed by atoms with Gasteiger partial charge >= 0.3 is 0 Å². The van der Waals surface area contributed by atoms with Crippen molar-refractivity contribution in [3.8, 4) is 67.2 Å². The second-order valence-electron chi connectivity index (χ2n) is 16.0. The first kappa shape index (κ1) is 31.5. The molecule has 262 valence electrons. The van der Waals surface area contributed by atoms with E-state index in [1.165, 1.54) is 72.3 Å². The van der Waals surface area contributed by atoms with E-state index in [-0.39, 0.29) is 5.41 Å². The quantitative estimate of drug-likeness (QED) is 0.182. The van der Waals surface area contributed by atoms with Crippen LogP contribution >= 0.6 is 0 Å². The van der Waals surface area contributed by atoms with Gasteiger partial charge in [0.1, 0.15) is 0 Å². The topological polar surface area (TPSA) is 25.8 Å². The van der Waals surface area contributed by atoms with E-state index in [0.29, 0.717) is 0 Å². The first-order valence-electron chi connectivity index (χ1n) is 19.6. The van der Waals surface area contributed by atoms with E-state index in [4.69, 9.17) is 9.97 Å². The minimum Gasteiger partial charge on any atom is -0.228 e. The van der Waals surface area contributed by atoms with Gasteiger partial charge in [-0.15, -0.1) is 0 Å². The van der Waals surface area contributed by atoms with E-state index in [1.54, 1.807) is 0 Å². The van der Waals surface area contributed by atoms with Crippen molar-refractivity contribution >= 4 is 10.9 Å². The lowest BCUT2D eigenvalue weighted by atomic mass is 9.70. The Kier molecular flexibility index (Phi) is 6.36. The third kappa shape index (κ3) is 4.00. The van der Waals surface area contributed by atoms with Crippen LogP contribution in [0.3, 0.4) is 0 Å². The molecule has 0 unspecified atom stereocenters. The fourth-order valence-corrected chi connectivity index (χ4v) is 10.6. The lowest BCUT2D eigenvalue weighted by molar-refractivity contribution is 0.660. The lowest BCUT2D eigenvalue weighted by Gasteiger charge is -2.30. The smallest absolute Gasteiger partial charge is 0.160 e. The monoisotopic (exact) mass is 712 g/mol. The molecular weight excluding hydrogens is 677 g/mol. The predicted molar refractivity (Wildman–Crippen MR) is 230 cm³/mol. The Morgan fingerprint density at radius 2 is 0.857 bits per heavy atom. The highest BCUT2D eigenvalue weighted by atomic mass is 14.9. The Morgan fingerprint density at radius 1 is 0.357 bits per heavy atom. The Morgan fingerprint density at radius 3 is 1.55 bits per heavy atom. The summed E-state index contributed by atoms with van der Waals surface area (Å²) < 4.78 is 0. The highest BCUT2D eigenvalue weighted by Crippen LogP contribution is 2.64. The van der Waals surface area contributed by atoms with Crippen LogP contribution in [0, 0.1) is 0 Å². The van der Waals surface area contributed by atoms with Crippen molar-refractivity contribution in [2.75, 3.05) is 0 Å². The zero-order chi connectivity index (χ0) is 37.2. The van der Waals surface area contributed by atoms with Crippen LogP contribution in [-0.4, -0.2) is 9.97 Å². The molecule has 8 aromatic carbocycles. The van der Waals surface area contributed by atoms with E-state index in [2.05, 4.69) is 190 Å². The van der Waals surface area contributed by atoms with E-state index < -0.39 is 5.41 Å². The van der Waals surface area contributed by atoms with Crippen molar-refractivity contribution in [2.24, 2.45) is 0 Å². The molecule has 12 rings (SSSR count). The highest BCUT2D eigenvalue weighted by molar-refractivity contribution is 6.05. The molecule has 2 nitrogen and oxygen atoms in total. The predicted octanol–water partition coefficient (Wildman–Crippen LogP) is 13.3. The average molecular weight is 713 g/mol. The van der Waals surface area contributed by atoms with Crippen molar-refractivity contribution in [1.29, 1.82) is 0 Å². The van der Waals surface area contributed by atoms with Crippen LogP contribution in [0.5, 0.6) is 0 Å². The van der Waals surface area contributed by atoms with Crippen LogP contribution in [0.2, 0.25) is 0 Å².